The molecule has 37 heavy (non-hydrogen) atoms. The molecule has 4 aromatic rings. The molecule has 3 aromatic carbocycles. The fourth-order valence-electron chi connectivity index (χ4n) is 3.96. The van der Waals surface area contributed by atoms with Gasteiger partial charge in [-0.3, -0.25) is 14.4 Å². The molecule has 4 N–H and O–H groups in total. The summed E-state index contributed by atoms with van der Waals surface area (Å²) in [7, 11) is 3.07. The summed E-state index contributed by atoms with van der Waals surface area (Å²) in [5.41, 5.74) is 7.65. The Balaban J connectivity index is 1.58. The molecule has 0 spiro atoms. The van der Waals surface area contributed by atoms with Crippen molar-refractivity contribution in [1.29, 1.82) is 0 Å². The standard InChI is InChI=1S/C28H28N4O5/c1-36-19-11-9-18(10-12-19)32(15-5-8-26(33)31-25-7-4-3-6-23(25)29)28(35)22-17-30-24-14-13-20(37-2)16-21(24)27(22)34/h3-4,6-7,9-14,16-17H,5,8,15,29H2,1-2H3,(H,30,34)(H,31,33). The van der Waals surface area contributed by atoms with Crippen molar-refractivity contribution in [2.75, 3.05) is 36.7 Å². The highest BCUT2D eigenvalue weighted by molar-refractivity contribution is 6.07. The van der Waals surface area contributed by atoms with Gasteiger partial charge >= 0.3 is 0 Å². The minimum atomic E-state index is -0.483. The van der Waals surface area contributed by atoms with Gasteiger partial charge in [-0.25, -0.2) is 0 Å². The lowest BCUT2D eigenvalue weighted by Gasteiger charge is -2.23. The van der Waals surface area contributed by atoms with E-state index in [-0.39, 0.29) is 24.4 Å². The summed E-state index contributed by atoms with van der Waals surface area (Å²) in [5, 5.41) is 3.14. The van der Waals surface area contributed by atoms with E-state index in [9.17, 15) is 14.4 Å². The van der Waals surface area contributed by atoms with E-state index in [1.165, 1.54) is 18.2 Å². The first-order valence-corrected chi connectivity index (χ1v) is 11.7. The predicted octanol–water partition coefficient (Wildman–Crippen LogP) is 4.19. The van der Waals surface area contributed by atoms with E-state index in [0.29, 0.717) is 45.9 Å². The number of methoxy groups -OCH3 is 2. The number of carbonyl (C=O) groups excluding carboxylic acids is 2. The lowest BCUT2D eigenvalue weighted by Crippen LogP contribution is -2.35. The maximum absolute atomic E-state index is 13.7. The van der Waals surface area contributed by atoms with Gasteiger partial charge in [-0.1, -0.05) is 12.1 Å². The van der Waals surface area contributed by atoms with Gasteiger partial charge in [0.1, 0.15) is 17.1 Å². The van der Waals surface area contributed by atoms with Crippen LogP contribution in [0.1, 0.15) is 23.2 Å². The monoisotopic (exact) mass is 500 g/mol. The number of nitrogens with one attached hydrogen (secondary N) is 2. The molecule has 0 fully saturated rings. The fourth-order valence-corrected chi connectivity index (χ4v) is 3.96. The van der Waals surface area contributed by atoms with Crippen LogP contribution >= 0.6 is 0 Å². The summed E-state index contributed by atoms with van der Waals surface area (Å²) < 4.78 is 10.5. The maximum Gasteiger partial charge on any atom is 0.263 e. The van der Waals surface area contributed by atoms with Crippen molar-refractivity contribution < 1.29 is 19.1 Å². The van der Waals surface area contributed by atoms with Gasteiger partial charge in [0.15, 0.2) is 0 Å². The molecule has 0 saturated carbocycles. The summed E-state index contributed by atoms with van der Waals surface area (Å²) in [5.74, 6) is 0.436. The predicted molar refractivity (Wildman–Crippen MR) is 145 cm³/mol. The van der Waals surface area contributed by atoms with Crippen molar-refractivity contribution in [3.05, 3.63) is 88.7 Å². The maximum atomic E-state index is 13.7. The van der Waals surface area contributed by atoms with Gasteiger partial charge in [-0.15, -0.1) is 0 Å². The number of ether oxygens (including phenoxy) is 2. The smallest absolute Gasteiger partial charge is 0.263 e. The Morgan fingerprint density at radius 1 is 0.973 bits per heavy atom. The molecule has 0 aliphatic heterocycles. The van der Waals surface area contributed by atoms with Crippen LogP contribution < -0.4 is 30.9 Å². The average Bonchev–Trinajstić information content (AvgIpc) is 2.92. The van der Waals surface area contributed by atoms with E-state index < -0.39 is 11.3 Å². The molecule has 4 rings (SSSR count). The molecule has 9 heteroatoms. The molecule has 0 aliphatic carbocycles. The largest absolute Gasteiger partial charge is 0.497 e. The van der Waals surface area contributed by atoms with Gasteiger partial charge in [0.2, 0.25) is 11.3 Å². The zero-order valence-corrected chi connectivity index (χ0v) is 20.6. The number of carbonyl (C=O) groups is 2. The number of aromatic amines is 1. The number of rotatable bonds is 9. The molecule has 0 saturated heterocycles. The number of pyridine rings is 1. The van der Waals surface area contributed by atoms with Crippen molar-refractivity contribution in [2.45, 2.75) is 12.8 Å². The van der Waals surface area contributed by atoms with Crippen LogP contribution in [0.25, 0.3) is 10.9 Å². The number of H-pyrrole nitrogens is 1. The van der Waals surface area contributed by atoms with Crippen molar-refractivity contribution >= 4 is 39.8 Å². The third kappa shape index (κ3) is 5.72. The first-order valence-electron chi connectivity index (χ1n) is 11.7. The molecule has 0 radical (unpaired) electrons. The van der Waals surface area contributed by atoms with Gasteiger partial charge in [-0.05, 0) is 61.0 Å². The van der Waals surface area contributed by atoms with Gasteiger partial charge in [0, 0.05) is 35.8 Å². The van der Waals surface area contributed by atoms with Gasteiger partial charge in [0.25, 0.3) is 5.91 Å². The number of hydrogen-bond acceptors (Lipinski definition) is 6. The Hall–Kier alpha value is -4.79. The van der Waals surface area contributed by atoms with Crippen LogP contribution in [0.5, 0.6) is 11.5 Å². The SMILES string of the molecule is COc1ccc(N(CCCC(=O)Nc2ccccc2N)C(=O)c2c[nH]c3ccc(OC)cc3c2=O)cc1. The Morgan fingerprint density at radius 2 is 1.68 bits per heavy atom. The van der Waals surface area contributed by atoms with Crippen molar-refractivity contribution in [3.8, 4) is 11.5 Å². The Labute approximate surface area is 213 Å². The lowest BCUT2D eigenvalue weighted by molar-refractivity contribution is -0.116. The van der Waals surface area contributed by atoms with Crippen LogP contribution in [0, 0.1) is 0 Å². The van der Waals surface area contributed by atoms with Crippen molar-refractivity contribution in [2.24, 2.45) is 0 Å². The molecule has 0 unspecified atom stereocenters. The molecule has 1 heterocycles. The van der Waals surface area contributed by atoms with Crippen LogP contribution in [0.3, 0.4) is 0 Å². The highest BCUT2D eigenvalue weighted by Gasteiger charge is 2.22. The number of amides is 2. The second-order valence-corrected chi connectivity index (χ2v) is 8.34. The topological polar surface area (TPSA) is 127 Å². The van der Waals surface area contributed by atoms with Gasteiger partial charge in [0.05, 0.1) is 25.6 Å². The molecule has 0 atom stereocenters. The number of aromatic nitrogens is 1. The molecule has 0 bridgehead atoms. The van der Waals surface area contributed by atoms with Crippen LogP contribution in [0.4, 0.5) is 17.1 Å². The summed E-state index contributed by atoms with van der Waals surface area (Å²) in [6.45, 7) is 0.207. The second-order valence-electron chi connectivity index (χ2n) is 8.34. The number of nitrogens with zero attached hydrogens (tertiary/aromatic N) is 1. The fraction of sp³-hybridized carbons (Fsp3) is 0.179. The lowest BCUT2D eigenvalue weighted by atomic mass is 10.1. The first kappa shape index (κ1) is 25.3. The van der Waals surface area contributed by atoms with Gasteiger partial charge < -0.3 is 30.4 Å². The summed E-state index contributed by atoms with van der Waals surface area (Å²) in [4.78, 5) is 44.0. The average molecular weight is 501 g/mol. The van der Waals surface area contributed by atoms with E-state index in [4.69, 9.17) is 15.2 Å². The van der Waals surface area contributed by atoms with E-state index in [2.05, 4.69) is 10.3 Å². The summed E-state index contributed by atoms with van der Waals surface area (Å²) >= 11 is 0. The second kappa shape index (κ2) is 11.3. The molecule has 1 aromatic heterocycles. The zero-order chi connectivity index (χ0) is 26.4. The van der Waals surface area contributed by atoms with E-state index in [1.807, 2.05) is 0 Å². The normalized spacial score (nSPS) is 10.6. The Kier molecular flexibility index (Phi) is 7.73. The number of anilines is 3. The number of fused-ring (bicyclic) bond motifs is 1. The molecule has 190 valence electrons. The first-order chi connectivity index (χ1) is 17.9. The number of benzene rings is 3. The summed E-state index contributed by atoms with van der Waals surface area (Å²) in [6, 6.07) is 19.0. The van der Waals surface area contributed by atoms with Crippen molar-refractivity contribution in [1.82, 2.24) is 4.98 Å². The Morgan fingerprint density at radius 3 is 2.38 bits per heavy atom. The minimum absolute atomic E-state index is 0.0157. The van der Waals surface area contributed by atoms with E-state index in [0.717, 1.165) is 0 Å². The van der Waals surface area contributed by atoms with Crippen LogP contribution in [0.2, 0.25) is 0 Å². The van der Waals surface area contributed by atoms with Crippen LogP contribution in [-0.4, -0.2) is 37.6 Å². The highest BCUT2D eigenvalue weighted by atomic mass is 16.5. The molecule has 0 aliphatic rings. The molecular weight excluding hydrogens is 472 g/mol. The Bertz CT molecular complexity index is 1480. The third-order valence-electron chi connectivity index (χ3n) is 5.97. The van der Waals surface area contributed by atoms with Crippen LogP contribution in [0.15, 0.2) is 77.7 Å². The third-order valence-corrected chi connectivity index (χ3v) is 5.97. The molecule has 2 amide bonds. The highest BCUT2D eigenvalue weighted by Crippen LogP contribution is 2.23. The molecule has 9 nitrogen and oxygen atoms in total. The quantitative estimate of drug-likeness (QED) is 0.296. The van der Waals surface area contributed by atoms with E-state index >= 15 is 0 Å². The van der Waals surface area contributed by atoms with E-state index in [1.54, 1.807) is 73.8 Å². The number of hydrogen-bond donors (Lipinski definition) is 3. The number of nitrogen functional groups attached to an aromatic ring is 1. The van der Waals surface area contributed by atoms with Crippen molar-refractivity contribution in [3.63, 3.8) is 0 Å². The van der Waals surface area contributed by atoms with Gasteiger partial charge in [-0.2, -0.15) is 0 Å². The van der Waals surface area contributed by atoms with Crippen LogP contribution in [-0.2, 0) is 4.79 Å². The minimum Gasteiger partial charge on any atom is -0.497 e. The number of para-hydroxylation sites is 2. The number of nitrogens with two attached hydrogens (primary N) is 1. The zero-order valence-electron chi connectivity index (χ0n) is 20.6. The summed E-state index contributed by atoms with van der Waals surface area (Å²) in [6.07, 6.45) is 1.93. The molecular formula is C28H28N4O5.